The molecule has 0 amide bonds. The zero-order valence-corrected chi connectivity index (χ0v) is 12.5. The van der Waals surface area contributed by atoms with Gasteiger partial charge in [0, 0.05) is 18.7 Å². The summed E-state index contributed by atoms with van der Waals surface area (Å²) in [6, 6.07) is 8.41. The molecule has 0 aliphatic heterocycles. The lowest BCUT2D eigenvalue weighted by Gasteiger charge is -2.25. The molecule has 1 N–H and O–H groups in total. The van der Waals surface area contributed by atoms with Crippen molar-refractivity contribution in [2.24, 2.45) is 0 Å². The van der Waals surface area contributed by atoms with Gasteiger partial charge >= 0.3 is 5.69 Å². The van der Waals surface area contributed by atoms with Gasteiger partial charge in [0.2, 0.25) is 0 Å². The predicted octanol–water partition coefficient (Wildman–Crippen LogP) is 2.42. The molecule has 1 aromatic carbocycles. The minimum atomic E-state index is -0.379. The van der Waals surface area contributed by atoms with E-state index in [0.29, 0.717) is 16.9 Å². The molecule has 1 atom stereocenters. The van der Waals surface area contributed by atoms with E-state index in [9.17, 15) is 9.59 Å². The van der Waals surface area contributed by atoms with Crippen molar-refractivity contribution < 1.29 is 0 Å². The second-order valence-electron chi connectivity index (χ2n) is 5.18. The summed E-state index contributed by atoms with van der Waals surface area (Å²) in [5.74, 6) is 0.329. The summed E-state index contributed by atoms with van der Waals surface area (Å²) in [5, 5.41) is 0. The molecule has 1 unspecified atom stereocenters. The maximum Gasteiger partial charge on any atom is 0.328 e. The molecule has 1 aliphatic rings. The van der Waals surface area contributed by atoms with Crippen molar-refractivity contribution >= 4 is 15.9 Å². The highest BCUT2D eigenvalue weighted by Gasteiger charge is 2.20. The molecular formula is C15H15BrN2O2. The molecule has 0 spiro atoms. The van der Waals surface area contributed by atoms with Gasteiger partial charge in [0.15, 0.2) is 0 Å². The number of halogens is 1. The number of aromatic nitrogens is 2. The van der Waals surface area contributed by atoms with Gasteiger partial charge < -0.3 is 0 Å². The third-order valence-electron chi connectivity index (χ3n) is 3.88. The largest absolute Gasteiger partial charge is 0.328 e. The number of H-pyrrole nitrogens is 1. The van der Waals surface area contributed by atoms with Crippen molar-refractivity contribution in [3.63, 3.8) is 0 Å². The van der Waals surface area contributed by atoms with Crippen molar-refractivity contribution in [3.8, 4) is 0 Å². The highest BCUT2D eigenvalue weighted by molar-refractivity contribution is 9.10. The van der Waals surface area contributed by atoms with Crippen molar-refractivity contribution in [1.29, 1.82) is 0 Å². The fourth-order valence-electron chi connectivity index (χ4n) is 2.90. The van der Waals surface area contributed by atoms with E-state index in [4.69, 9.17) is 0 Å². The zero-order valence-electron chi connectivity index (χ0n) is 10.9. The Bertz CT molecular complexity index is 748. The van der Waals surface area contributed by atoms with Crippen LogP contribution in [0.1, 0.15) is 29.9 Å². The summed E-state index contributed by atoms with van der Waals surface area (Å²) in [7, 11) is 0. The van der Waals surface area contributed by atoms with Gasteiger partial charge in [-0.2, -0.15) is 0 Å². The molecule has 20 heavy (non-hydrogen) atoms. The van der Waals surface area contributed by atoms with Crippen LogP contribution in [0.5, 0.6) is 0 Å². The minimum absolute atomic E-state index is 0.329. The fourth-order valence-corrected chi connectivity index (χ4v) is 3.25. The molecule has 2 aromatic rings. The zero-order chi connectivity index (χ0) is 14.1. The van der Waals surface area contributed by atoms with Crippen LogP contribution in [0.2, 0.25) is 0 Å². The van der Waals surface area contributed by atoms with Gasteiger partial charge in [-0.1, -0.05) is 24.3 Å². The fraction of sp³-hybridized carbons (Fsp3) is 0.333. The monoisotopic (exact) mass is 334 g/mol. The average molecular weight is 335 g/mol. The number of nitrogens with one attached hydrogen (secondary N) is 1. The van der Waals surface area contributed by atoms with Crippen molar-refractivity contribution in [2.45, 2.75) is 31.7 Å². The molecule has 1 aliphatic carbocycles. The quantitative estimate of drug-likeness (QED) is 0.916. The molecule has 0 bridgehead atoms. The minimum Gasteiger partial charge on any atom is -0.299 e. The van der Waals surface area contributed by atoms with Crippen LogP contribution in [0.3, 0.4) is 0 Å². The van der Waals surface area contributed by atoms with E-state index < -0.39 is 0 Å². The standard InChI is InChI=1S/C15H15BrN2O2/c16-13-9-18(15(20)17-14(13)19)8-11-6-3-5-10-4-1-2-7-12(10)11/h1-2,4,7,9,11H,3,5-6,8H2,(H,17,19,20). The second kappa shape index (κ2) is 5.40. The molecule has 1 heterocycles. The van der Waals surface area contributed by atoms with E-state index >= 15 is 0 Å². The van der Waals surface area contributed by atoms with E-state index in [1.165, 1.54) is 11.1 Å². The predicted molar refractivity (Wildman–Crippen MR) is 81.1 cm³/mol. The molecule has 1 aromatic heterocycles. The Morgan fingerprint density at radius 2 is 2.10 bits per heavy atom. The first-order chi connectivity index (χ1) is 9.65. The first-order valence-electron chi connectivity index (χ1n) is 6.72. The lowest BCUT2D eigenvalue weighted by Crippen LogP contribution is -2.32. The summed E-state index contributed by atoms with van der Waals surface area (Å²) in [4.78, 5) is 25.6. The molecule has 5 heteroatoms. The molecule has 0 radical (unpaired) electrons. The number of aryl methyl sites for hydroxylation is 1. The third-order valence-corrected chi connectivity index (χ3v) is 4.44. The van der Waals surface area contributed by atoms with E-state index in [1.54, 1.807) is 10.8 Å². The molecule has 4 nitrogen and oxygen atoms in total. The van der Waals surface area contributed by atoms with Gasteiger partial charge in [-0.3, -0.25) is 14.3 Å². The smallest absolute Gasteiger partial charge is 0.299 e. The Morgan fingerprint density at radius 1 is 1.30 bits per heavy atom. The van der Waals surface area contributed by atoms with Crippen LogP contribution < -0.4 is 11.2 Å². The van der Waals surface area contributed by atoms with Gasteiger partial charge in [0.25, 0.3) is 5.56 Å². The van der Waals surface area contributed by atoms with E-state index in [1.807, 2.05) is 6.07 Å². The lowest BCUT2D eigenvalue weighted by atomic mass is 9.83. The molecule has 3 rings (SSSR count). The van der Waals surface area contributed by atoms with Crippen LogP contribution in [0, 0.1) is 0 Å². The maximum absolute atomic E-state index is 11.9. The number of hydrogen-bond donors (Lipinski definition) is 1. The molecule has 0 saturated heterocycles. The van der Waals surface area contributed by atoms with Gasteiger partial charge in [-0.15, -0.1) is 0 Å². The number of aromatic amines is 1. The summed E-state index contributed by atoms with van der Waals surface area (Å²) >= 11 is 3.17. The van der Waals surface area contributed by atoms with E-state index in [0.717, 1.165) is 19.3 Å². The Labute approximate surface area is 124 Å². The van der Waals surface area contributed by atoms with Crippen molar-refractivity contribution in [1.82, 2.24) is 9.55 Å². The Balaban J connectivity index is 1.95. The second-order valence-corrected chi connectivity index (χ2v) is 6.03. The molecule has 0 fully saturated rings. The summed E-state index contributed by atoms with van der Waals surface area (Å²) < 4.78 is 1.97. The SMILES string of the molecule is O=c1[nH]c(=O)n(CC2CCCc3ccccc32)cc1Br. The summed E-state index contributed by atoms with van der Waals surface area (Å²) in [6.07, 6.45) is 4.90. The van der Waals surface area contributed by atoms with Crippen LogP contribution in [-0.2, 0) is 13.0 Å². The van der Waals surface area contributed by atoms with Gasteiger partial charge in [0.1, 0.15) is 0 Å². The molecule has 104 valence electrons. The van der Waals surface area contributed by atoms with E-state index in [2.05, 4.69) is 39.1 Å². The lowest BCUT2D eigenvalue weighted by molar-refractivity contribution is 0.469. The van der Waals surface area contributed by atoms with Crippen LogP contribution in [-0.4, -0.2) is 9.55 Å². The normalized spacial score (nSPS) is 17.8. The highest BCUT2D eigenvalue weighted by Crippen LogP contribution is 2.32. The van der Waals surface area contributed by atoms with Crippen molar-refractivity contribution in [3.05, 3.63) is 66.9 Å². The first kappa shape index (κ1) is 13.4. The number of benzene rings is 1. The Morgan fingerprint density at radius 3 is 2.95 bits per heavy atom. The number of nitrogens with zero attached hydrogens (tertiary/aromatic N) is 1. The number of hydrogen-bond acceptors (Lipinski definition) is 2. The summed E-state index contributed by atoms with van der Waals surface area (Å²) in [5.41, 5.74) is 1.98. The van der Waals surface area contributed by atoms with Crippen LogP contribution in [0.25, 0.3) is 0 Å². The highest BCUT2D eigenvalue weighted by atomic mass is 79.9. The van der Waals surface area contributed by atoms with Crippen molar-refractivity contribution in [2.75, 3.05) is 0 Å². The Kier molecular flexibility index (Phi) is 3.61. The summed E-state index contributed by atoms with van der Waals surface area (Å²) in [6.45, 7) is 0.602. The molecule has 0 saturated carbocycles. The van der Waals surface area contributed by atoms with E-state index in [-0.39, 0.29) is 11.2 Å². The van der Waals surface area contributed by atoms with Gasteiger partial charge in [0.05, 0.1) is 4.47 Å². The topological polar surface area (TPSA) is 54.9 Å². The van der Waals surface area contributed by atoms with Gasteiger partial charge in [-0.25, -0.2) is 4.79 Å². The first-order valence-corrected chi connectivity index (χ1v) is 7.51. The number of fused-ring (bicyclic) bond motifs is 1. The van der Waals surface area contributed by atoms with Crippen LogP contribution >= 0.6 is 15.9 Å². The van der Waals surface area contributed by atoms with Crippen LogP contribution in [0.4, 0.5) is 0 Å². The van der Waals surface area contributed by atoms with Gasteiger partial charge in [-0.05, 0) is 46.3 Å². The average Bonchev–Trinajstić information content (AvgIpc) is 2.45. The third kappa shape index (κ3) is 2.50. The van der Waals surface area contributed by atoms with Crippen LogP contribution in [0.15, 0.2) is 44.5 Å². The molecular weight excluding hydrogens is 320 g/mol. The number of rotatable bonds is 2. The maximum atomic E-state index is 11.9. The Hall–Kier alpha value is -1.62.